The highest BCUT2D eigenvalue weighted by Gasteiger charge is 2.34. The number of nitrogens with one attached hydrogen (secondary N) is 3. The van der Waals surface area contributed by atoms with Gasteiger partial charge in [-0.15, -0.1) is 0 Å². The van der Waals surface area contributed by atoms with Gasteiger partial charge in [0.25, 0.3) is 0 Å². The minimum Gasteiger partial charge on any atom is -0.459 e. The van der Waals surface area contributed by atoms with Crippen LogP contribution in [-0.2, 0) is 30.5 Å². The van der Waals surface area contributed by atoms with Crippen LogP contribution in [0, 0.1) is 0 Å². The normalized spacial score (nSPS) is 13.7. The van der Waals surface area contributed by atoms with Gasteiger partial charge in [-0.25, -0.2) is 9.59 Å². The molecule has 0 bridgehead atoms. The van der Waals surface area contributed by atoms with Crippen molar-refractivity contribution >= 4 is 23.9 Å². The summed E-state index contributed by atoms with van der Waals surface area (Å²) in [6.07, 6.45) is -0.744. The molecule has 0 radical (unpaired) electrons. The van der Waals surface area contributed by atoms with E-state index in [1.165, 1.54) is 27.7 Å². The van der Waals surface area contributed by atoms with E-state index in [0.29, 0.717) is 0 Å². The molecule has 0 unspecified atom stereocenters. The van der Waals surface area contributed by atoms with Gasteiger partial charge in [-0.2, -0.15) is 0 Å². The van der Waals surface area contributed by atoms with Crippen LogP contribution in [0.2, 0.25) is 0 Å². The third-order valence-electron chi connectivity index (χ3n) is 7.00. The highest BCUT2D eigenvalue weighted by Crippen LogP contribution is 2.44. The van der Waals surface area contributed by atoms with Crippen molar-refractivity contribution in [2.24, 2.45) is 0 Å². The molecule has 3 aromatic rings. The number of alkyl carbamates (subject to hydrolysis) is 1. The van der Waals surface area contributed by atoms with Crippen LogP contribution in [0.1, 0.15) is 50.3 Å². The van der Waals surface area contributed by atoms with Crippen molar-refractivity contribution in [1.29, 1.82) is 0 Å². The van der Waals surface area contributed by atoms with E-state index in [9.17, 15) is 19.2 Å². The molecule has 0 spiro atoms. The lowest BCUT2D eigenvalue weighted by atomic mass is 9.98. The lowest BCUT2D eigenvalue weighted by molar-refractivity contribution is -0.149. The fourth-order valence-electron chi connectivity index (χ4n) is 4.65. The van der Waals surface area contributed by atoms with Gasteiger partial charge >= 0.3 is 12.1 Å². The van der Waals surface area contributed by atoms with Gasteiger partial charge in [0.05, 0.1) is 0 Å². The van der Waals surface area contributed by atoms with Crippen LogP contribution in [0.5, 0.6) is 0 Å². The highest BCUT2D eigenvalue weighted by molar-refractivity contribution is 5.95. The van der Waals surface area contributed by atoms with E-state index in [2.05, 4.69) is 16.0 Å². The minimum atomic E-state index is -1.37. The molecule has 3 amide bonds. The number of hydrogen-bond acceptors (Lipinski definition) is 6. The molecule has 0 saturated heterocycles. The Morgan fingerprint density at radius 3 is 1.93 bits per heavy atom. The maximum atomic E-state index is 12.8. The molecule has 0 fully saturated rings. The van der Waals surface area contributed by atoms with Crippen molar-refractivity contribution in [2.75, 3.05) is 6.61 Å². The number of carbonyl (C=O) groups excluding carboxylic acids is 4. The first kappa shape index (κ1) is 29.3. The van der Waals surface area contributed by atoms with Gasteiger partial charge in [0.2, 0.25) is 11.8 Å². The summed E-state index contributed by atoms with van der Waals surface area (Å²) >= 11 is 0. The maximum Gasteiger partial charge on any atom is 0.407 e. The predicted molar refractivity (Wildman–Crippen MR) is 154 cm³/mol. The second kappa shape index (κ2) is 12.7. The zero-order valence-electron chi connectivity index (χ0n) is 23.6. The summed E-state index contributed by atoms with van der Waals surface area (Å²) in [4.78, 5) is 50.6. The molecule has 0 aromatic heterocycles. The molecule has 214 valence electrons. The van der Waals surface area contributed by atoms with Crippen molar-refractivity contribution in [3.8, 4) is 11.1 Å². The van der Waals surface area contributed by atoms with Crippen LogP contribution >= 0.6 is 0 Å². The monoisotopic (exact) mass is 557 g/mol. The molecule has 3 aromatic carbocycles. The molecule has 9 heteroatoms. The Bertz CT molecular complexity index is 1380. The lowest BCUT2D eigenvalue weighted by Gasteiger charge is -2.28. The number of carbonyl (C=O) groups is 4. The molecule has 0 heterocycles. The van der Waals surface area contributed by atoms with E-state index in [-0.39, 0.29) is 19.1 Å². The molecule has 4 rings (SSSR count). The summed E-state index contributed by atoms with van der Waals surface area (Å²) in [5, 5.41) is 7.71. The van der Waals surface area contributed by atoms with Gasteiger partial charge in [-0.1, -0.05) is 78.9 Å². The number of fused-ring (bicyclic) bond motifs is 3. The summed E-state index contributed by atoms with van der Waals surface area (Å²) in [6, 6.07) is 23.3. The Labute approximate surface area is 239 Å². The summed E-state index contributed by atoms with van der Waals surface area (Å²) in [7, 11) is 0. The van der Waals surface area contributed by atoms with Crippen LogP contribution < -0.4 is 16.0 Å². The quantitative estimate of drug-likeness (QED) is 0.323. The van der Waals surface area contributed by atoms with E-state index in [0.717, 1.165) is 27.8 Å². The standard InChI is InChI=1S/C32H35N3O6/c1-20(34-31(39)41-19-27-25-16-10-8-14-23(25)24-15-9-11-17-26(24)27)28(36)35-32(3,4)30(38)33-21(2)29(37)40-18-22-12-6-5-7-13-22/h5-17,20-21,27H,18-19H2,1-4H3,(H,33,38)(H,34,39)(H,35,36)/t20-,21-/m0/s1. The van der Waals surface area contributed by atoms with E-state index < -0.39 is 41.5 Å². The van der Waals surface area contributed by atoms with Crippen molar-refractivity contribution in [3.05, 3.63) is 95.6 Å². The van der Waals surface area contributed by atoms with Crippen LogP contribution in [0.4, 0.5) is 4.79 Å². The smallest absolute Gasteiger partial charge is 0.407 e. The summed E-state index contributed by atoms with van der Waals surface area (Å²) in [5.74, 6) is -1.88. The van der Waals surface area contributed by atoms with Crippen molar-refractivity contribution < 1.29 is 28.7 Å². The number of hydrogen-bond donors (Lipinski definition) is 3. The molecule has 3 N–H and O–H groups in total. The van der Waals surface area contributed by atoms with E-state index in [4.69, 9.17) is 9.47 Å². The maximum absolute atomic E-state index is 12.8. The molecular formula is C32H35N3O6. The molecule has 0 aliphatic heterocycles. The fraction of sp³-hybridized carbons (Fsp3) is 0.312. The third kappa shape index (κ3) is 7.11. The Morgan fingerprint density at radius 2 is 1.32 bits per heavy atom. The zero-order chi connectivity index (χ0) is 29.6. The van der Waals surface area contributed by atoms with Gasteiger partial charge in [0.15, 0.2) is 0 Å². The Hall–Kier alpha value is -4.66. The summed E-state index contributed by atoms with van der Waals surface area (Å²) in [6.45, 7) is 6.20. The van der Waals surface area contributed by atoms with Crippen molar-refractivity contribution in [1.82, 2.24) is 16.0 Å². The number of esters is 1. The van der Waals surface area contributed by atoms with Crippen molar-refractivity contribution in [3.63, 3.8) is 0 Å². The third-order valence-corrected chi connectivity index (χ3v) is 7.00. The highest BCUT2D eigenvalue weighted by atomic mass is 16.5. The first-order chi connectivity index (χ1) is 19.6. The first-order valence-corrected chi connectivity index (χ1v) is 13.5. The minimum absolute atomic E-state index is 0.0824. The van der Waals surface area contributed by atoms with E-state index >= 15 is 0 Å². The van der Waals surface area contributed by atoms with E-state index in [1.54, 1.807) is 0 Å². The van der Waals surface area contributed by atoms with Crippen LogP contribution in [-0.4, -0.2) is 48.1 Å². The number of rotatable bonds is 10. The fourth-order valence-corrected chi connectivity index (χ4v) is 4.65. The SMILES string of the molecule is C[C@H](NC(=O)OCC1c2ccccc2-c2ccccc21)C(=O)NC(C)(C)C(=O)N[C@@H](C)C(=O)OCc1ccccc1. The average Bonchev–Trinajstić information content (AvgIpc) is 3.28. The van der Waals surface area contributed by atoms with Crippen LogP contribution in [0.25, 0.3) is 11.1 Å². The Morgan fingerprint density at radius 1 is 0.756 bits per heavy atom. The van der Waals surface area contributed by atoms with Crippen LogP contribution in [0.15, 0.2) is 78.9 Å². The number of amides is 3. The summed E-state index contributed by atoms with van der Waals surface area (Å²) < 4.78 is 10.8. The zero-order valence-corrected chi connectivity index (χ0v) is 23.6. The lowest BCUT2D eigenvalue weighted by Crippen LogP contribution is -2.60. The van der Waals surface area contributed by atoms with Gasteiger partial charge < -0.3 is 25.4 Å². The Kier molecular flexibility index (Phi) is 9.07. The molecule has 1 aliphatic rings. The molecule has 0 saturated carbocycles. The Balaban J connectivity index is 1.25. The van der Waals surface area contributed by atoms with Gasteiger partial charge in [-0.3, -0.25) is 9.59 Å². The number of benzene rings is 3. The topological polar surface area (TPSA) is 123 Å². The second-order valence-corrected chi connectivity index (χ2v) is 10.6. The summed E-state index contributed by atoms with van der Waals surface area (Å²) in [5.41, 5.74) is 3.84. The molecule has 41 heavy (non-hydrogen) atoms. The predicted octanol–water partition coefficient (Wildman–Crippen LogP) is 4.06. The van der Waals surface area contributed by atoms with Crippen molar-refractivity contribution in [2.45, 2.75) is 57.8 Å². The molecule has 9 nitrogen and oxygen atoms in total. The number of ether oxygens (including phenoxy) is 2. The second-order valence-electron chi connectivity index (χ2n) is 10.6. The molecular weight excluding hydrogens is 522 g/mol. The van der Waals surface area contributed by atoms with Gasteiger partial charge in [0, 0.05) is 5.92 Å². The first-order valence-electron chi connectivity index (χ1n) is 13.5. The van der Waals surface area contributed by atoms with E-state index in [1.807, 2.05) is 78.9 Å². The van der Waals surface area contributed by atoms with Crippen LogP contribution in [0.3, 0.4) is 0 Å². The molecule has 1 aliphatic carbocycles. The average molecular weight is 558 g/mol. The largest absolute Gasteiger partial charge is 0.459 e. The van der Waals surface area contributed by atoms with Gasteiger partial charge in [-0.05, 0) is 55.5 Å². The molecule has 2 atom stereocenters. The van der Waals surface area contributed by atoms with Gasteiger partial charge in [0.1, 0.15) is 30.8 Å².